The number of amides is 1. The van der Waals surface area contributed by atoms with E-state index in [0.717, 1.165) is 11.3 Å². The van der Waals surface area contributed by atoms with Crippen LogP contribution in [0.4, 0.5) is 5.82 Å². The van der Waals surface area contributed by atoms with E-state index in [0.29, 0.717) is 41.2 Å². The van der Waals surface area contributed by atoms with Gasteiger partial charge in [-0.3, -0.25) is 4.79 Å². The topological polar surface area (TPSA) is 99.5 Å². The maximum absolute atomic E-state index is 12.6. The van der Waals surface area contributed by atoms with E-state index in [9.17, 15) is 13.2 Å². The number of carbonyl (C=O) groups is 1. The molecule has 186 valence electrons. The highest BCUT2D eigenvalue weighted by Crippen LogP contribution is 2.31. The Kier molecular flexibility index (Phi) is 7.66. The minimum Gasteiger partial charge on any atom is -0.493 e. The highest BCUT2D eigenvalue weighted by atomic mass is 35.5. The van der Waals surface area contributed by atoms with Gasteiger partial charge in [-0.05, 0) is 60.9 Å². The van der Waals surface area contributed by atoms with Crippen molar-refractivity contribution in [1.29, 1.82) is 0 Å². The van der Waals surface area contributed by atoms with Gasteiger partial charge in [-0.25, -0.2) is 13.1 Å². The van der Waals surface area contributed by atoms with Gasteiger partial charge in [-0.1, -0.05) is 25.4 Å². The summed E-state index contributed by atoms with van der Waals surface area (Å²) in [7, 11) is -3.14. The number of aromatic nitrogens is 2. The van der Waals surface area contributed by atoms with E-state index in [1.165, 1.54) is 0 Å². The van der Waals surface area contributed by atoms with Gasteiger partial charge in [0.25, 0.3) is 5.91 Å². The van der Waals surface area contributed by atoms with Crippen molar-refractivity contribution in [3.05, 3.63) is 59.6 Å². The summed E-state index contributed by atoms with van der Waals surface area (Å²) >= 11 is 5.88. The van der Waals surface area contributed by atoms with Gasteiger partial charge in [-0.15, -0.1) is 0 Å². The molecule has 1 aromatic heterocycles. The van der Waals surface area contributed by atoms with Crippen molar-refractivity contribution >= 4 is 33.2 Å². The highest BCUT2D eigenvalue weighted by Gasteiger charge is 2.31. The second-order valence-electron chi connectivity index (χ2n) is 8.94. The normalized spacial score (nSPS) is 16.9. The maximum atomic E-state index is 12.6. The van der Waals surface area contributed by atoms with Crippen molar-refractivity contribution in [2.24, 2.45) is 5.92 Å². The minimum absolute atomic E-state index is 0.0136. The van der Waals surface area contributed by atoms with E-state index < -0.39 is 9.84 Å². The van der Waals surface area contributed by atoms with E-state index in [1.54, 1.807) is 35.0 Å². The molecule has 8 nitrogen and oxygen atoms in total. The first-order valence-electron chi connectivity index (χ1n) is 11.4. The molecule has 0 spiro atoms. The van der Waals surface area contributed by atoms with Gasteiger partial charge >= 0.3 is 0 Å². The SMILES string of the molecule is CC(C)COc1ccc(-c2cc(NC(=O)COc3ccc(Cl)cc3)n(C3CCS(=O)(=O)C3)n2)cc1. The average molecular weight is 518 g/mol. The standard InChI is InChI=1S/C25H28ClN3O5S/c1-17(2)14-33-21-7-3-18(4-8-21)23-13-24(29(28-23)20-11-12-35(31,32)16-20)27-25(30)15-34-22-9-5-19(26)6-10-22/h3-10,13,17,20H,11-12,14-16H2,1-2H3,(H,27,30). The Hall–Kier alpha value is -3.04. The third kappa shape index (κ3) is 6.76. The van der Waals surface area contributed by atoms with Crippen molar-refractivity contribution < 1.29 is 22.7 Å². The molecule has 2 aromatic carbocycles. The predicted molar refractivity (Wildman–Crippen MR) is 136 cm³/mol. The lowest BCUT2D eigenvalue weighted by molar-refractivity contribution is -0.118. The van der Waals surface area contributed by atoms with Crippen LogP contribution in [-0.2, 0) is 14.6 Å². The summed E-state index contributed by atoms with van der Waals surface area (Å²) in [5.41, 5.74) is 1.45. The Morgan fingerprint density at radius 1 is 1.11 bits per heavy atom. The molecule has 3 aromatic rings. The van der Waals surface area contributed by atoms with Gasteiger partial charge < -0.3 is 14.8 Å². The summed E-state index contributed by atoms with van der Waals surface area (Å²) in [4.78, 5) is 12.6. The van der Waals surface area contributed by atoms with Crippen LogP contribution in [0.3, 0.4) is 0 Å². The Labute approximate surface area is 210 Å². The number of sulfone groups is 1. The summed E-state index contributed by atoms with van der Waals surface area (Å²) in [5.74, 6) is 1.82. The minimum atomic E-state index is -3.14. The summed E-state index contributed by atoms with van der Waals surface area (Å²) in [6.07, 6.45) is 0.440. The molecule has 2 heterocycles. The number of rotatable bonds is 9. The van der Waals surface area contributed by atoms with Crippen molar-refractivity contribution in [1.82, 2.24) is 9.78 Å². The molecular formula is C25H28ClN3O5S. The van der Waals surface area contributed by atoms with Crippen molar-refractivity contribution in [3.63, 3.8) is 0 Å². The van der Waals surface area contributed by atoms with Gasteiger partial charge in [0.05, 0.1) is 29.8 Å². The number of nitrogens with zero attached hydrogens (tertiary/aromatic N) is 2. The number of hydrogen-bond acceptors (Lipinski definition) is 6. The summed E-state index contributed by atoms with van der Waals surface area (Å²) in [6, 6.07) is 15.6. The van der Waals surface area contributed by atoms with Crippen LogP contribution >= 0.6 is 11.6 Å². The third-order valence-electron chi connectivity index (χ3n) is 5.47. The quantitative estimate of drug-likeness (QED) is 0.445. The van der Waals surface area contributed by atoms with E-state index in [1.807, 2.05) is 24.3 Å². The average Bonchev–Trinajstić information content (AvgIpc) is 3.40. The van der Waals surface area contributed by atoms with Crippen molar-refractivity contribution in [2.75, 3.05) is 30.0 Å². The Morgan fingerprint density at radius 3 is 2.40 bits per heavy atom. The van der Waals surface area contributed by atoms with Crippen LogP contribution in [0.2, 0.25) is 5.02 Å². The van der Waals surface area contributed by atoms with Gasteiger partial charge in [0.15, 0.2) is 16.4 Å². The van der Waals surface area contributed by atoms with Crippen LogP contribution in [0.15, 0.2) is 54.6 Å². The molecule has 1 saturated heterocycles. The van der Waals surface area contributed by atoms with Crippen LogP contribution < -0.4 is 14.8 Å². The number of hydrogen-bond donors (Lipinski definition) is 1. The van der Waals surface area contributed by atoms with Gasteiger partial charge in [0.2, 0.25) is 0 Å². The maximum Gasteiger partial charge on any atom is 0.263 e. The molecule has 1 unspecified atom stereocenters. The molecule has 4 rings (SSSR count). The Balaban J connectivity index is 1.52. The molecule has 0 aliphatic carbocycles. The monoisotopic (exact) mass is 517 g/mol. The first-order valence-corrected chi connectivity index (χ1v) is 13.6. The zero-order valence-electron chi connectivity index (χ0n) is 19.6. The first-order chi connectivity index (χ1) is 16.7. The predicted octanol–water partition coefficient (Wildman–Crippen LogP) is 4.62. The van der Waals surface area contributed by atoms with Crippen molar-refractivity contribution in [3.8, 4) is 22.8 Å². The van der Waals surface area contributed by atoms with E-state index >= 15 is 0 Å². The fourth-order valence-electron chi connectivity index (χ4n) is 3.72. The molecular weight excluding hydrogens is 490 g/mol. The molecule has 0 bridgehead atoms. The zero-order valence-corrected chi connectivity index (χ0v) is 21.2. The number of benzene rings is 2. The summed E-state index contributed by atoms with van der Waals surface area (Å²) in [6.45, 7) is 4.58. The molecule has 0 radical (unpaired) electrons. The van der Waals surface area contributed by atoms with Crippen LogP contribution in [0.1, 0.15) is 26.3 Å². The number of nitrogens with one attached hydrogen (secondary N) is 1. The number of halogens is 1. The zero-order chi connectivity index (χ0) is 25.0. The number of anilines is 1. The third-order valence-corrected chi connectivity index (χ3v) is 7.48. The van der Waals surface area contributed by atoms with E-state index in [-0.39, 0.29) is 30.1 Å². The summed E-state index contributed by atoms with van der Waals surface area (Å²) in [5, 5.41) is 8.05. The lowest BCUT2D eigenvalue weighted by Crippen LogP contribution is -2.23. The van der Waals surface area contributed by atoms with E-state index in [2.05, 4.69) is 24.3 Å². The van der Waals surface area contributed by atoms with Gasteiger partial charge in [-0.2, -0.15) is 5.10 Å². The van der Waals surface area contributed by atoms with Gasteiger partial charge in [0, 0.05) is 16.7 Å². The number of carbonyl (C=O) groups excluding carboxylic acids is 1. The van der Waals surface area contributed by atoms with Crippen LogP contribution in [0.5, 0.6) is 11.5 Å². The molecule has 1 atom stereocenters. The molecule has 1 amide bonds. The fraction of sp³-hybridized carbons (Fsp3) is 0.360. The van der Waals surface area contributed by atoms with Crippen LogP contribution in [0.25, 0.3) is 11.3 Å². The Morgan fingerprint density at radius 2 is 1.77 bits per heavy atom. The smallest absolute Gasteiger partial charge is 0.263 e. The second-order valence-corrected chi connectivity index (χ2v) is 11.6. The molecule has 35 heavy (non-hydrogen) atoms. The van der Waals surface area contributed by atoms with E-state index in [4.69, 9.17) is 21.1 Å². The van der Waals surface area contributed by atoms with Gasteiger partial charge in [0.1, 0.15) is 17.3 Å². The first kappa shape index (κ1) is 25.1. The molecule has 1 aliphatic heterocycles. The molecule has 1 fully saturated rings. The van der Waals surface area contributed by atoms with Crippen LogP contribution in [0, 0.1) is 5.92 Å². The lowest BCUT2D eigenvalue weighted by atomic mass is 10.1. The lowest BCUT2D eigenvalue weighted by Gasteiger charge is -2.14. The molecule has 1 N–H and O–H groups in total. The number of ether oxygens (including phenoxy) is 2. The molecule has 10 heteroatoms. The second kappa shape index (κ2) is 10.7. The van der Waals surface area contributed by atoms with Crippen molar-refractivity contribution in [2.45, 2.75) is 26.3 Å². The summed E-state index contributed by atoms with van der Waals surface area (Å²) < 4.78 is 37.0. The molecule has 0 saturated carbocycles. The fourth-order valence-corrected chi connectivity index (χ4v) is 5.54. The largest absolute Gasteiger partial charge is 0.493 e. The Bertz CT molecular complexity index is 1270. The molecule has 1 aliphatic rings. The van der Waals surface area contributed by atoms with Crippen LogP contribution in [-0.4, -0.2) is 48.8 Å². The highest BCUT2D eigenvalue weighted by molar-refractivity contribution is 7.91.